The van der Waals surface area contributed by atoms with Crippen molar-refractivity contribution in [3.8, 4) is 0 Å². The standard InChI is InChI=1S/C17H28BrN3/c1-5-15-12-21(10-9-20(15)4)17-8-7-14(11-16(17)18)13(3)19-6-2/h7-8,11,13,15,19H,5-6,9-10,12H2,1-4H3. The molecular formula is C17H28BrN3. The molecule has 4 heteroatoms. The van der Waals surface area contributed by atoms with E-state index in [1.165, 1.54) is 22.1 Å². The lowest BCUT2D eigenvalue weighted by atomic mass is 10.1. The fourth-order valence-electron chi connectivity index (χ4n) is 3.08. The first-order chi connectivity index (χ1) is 10.1. The Balaban J connectivity index is 2.13. The molecule has 0 saturated carbocycles. The summed E-state index contributed by atoms with van der Waals surface area (Å²) in [5, 5.41) is 3.47. The van der Waals surface area contributed by atoms with Crippen LogP contribution in [0.25, 0.3) is 0 Å². The molecule has 1 aromatic carbocycles. The molecule has 1 N–H and O–H groups in total. The average molecular weight is 354 g/mol. The molecule has 1 fully saturated rings. The predicted octanol–water partition coefficient (Wildman–Crippen LogP) is 3.65. The van der Waals surface area contributed by atoms with E-state index >= 15 is 0 Å². The van der Waals surface area contributed by atoms with Crippen LogP contribution in [0.3, 0.4) is 0 Å². The number of hydrogen-bond acceptors (Lipinski definition) is 3. The van der Waals surface area contributed by atoms with Crippen LogP contribution >= 0.6 is 15.9 Å². The fraction of sp³-hybridized carbons (Fsp3) is 0.647. The molecule has 1 aliphatic heterocycles. The maximum Gasteiger partial charge on any atom is 0.0511 e. The van der Waals surface area contributed by atoms with Crippen LogP contribution in [0.1, 0.15) is 38.8 Å². The summed E-state index contributed by atoms with van der Waals surface area (Å²) >= 11 is 3.78. The van der Waals surface area contributed by atoms with Crippen LogP contribution in [-0.2, 0) is 0 Å². The maximum absolute atomic E-state index is 3.78. The second-order valence-corrected chi connectivity index (χ2v) is 6.83. The number of nitrogens with one attached hydrogen (secondary N) is 1. The smallest absolute Gasteiger partial charge is 0.0511 e. The number of nitrogens with zero attached hydrogens (tertiary/aromatic N) is 2. The Morgan fingerprint density at radius 2 is 2.10 bits per heavy atom. The van der Waals surface area contributed by atoms with Crippen LogP contribution in [0.4, 0.5) is 5.69 Å². The van der Waals surface area contributed by atoms with Gasteiger partial charge in [0.15, 0.2) is 0 Å². The first-order valence-electron chi connectivity index (χ1n) is 8.04. The van der Waals surface area contributed by atoms with Crippen molar-refractivity contribution in [3.63, 3.8) is 0 Å². The fourth-order valence-corrected chi connectivity index (χ4v) is 3.73. The number of benzene rings is 1. The highest BCUT2D eigenvalue weighted by Gasteiger charge is 2.24. The third kappa shape index (κ3) is 3.99. The molecular weight excluding hydrogens is 326 g/mol. The molecule has 0 aromatic heterocycles. The first kappa shape index (κ1) is 16.8. The Bertz CT molecular complexity index is 463. The number of anilines is 1. The summed E-state index contributed by atoms with van der Waals surface area (Å²) in [5.74, 6) is 0. The molecule has 2 rings (SSSR count). The molecule has 0 spiro atoms. The van der Waals surface area contributed by atoms with Crippen molar-refractivity contribution in [1.29, 1.82) is 0 Å². The van der Waals surface area contributed by atoms with Crippen LogP contribution in [0, 0.1) is 0 Å². The number of piperazine rings is 1. The van der Waals surface area contributed by atoms with Crippen LogP contribution in [-0.4, -0.2) is 44.2 Å². The van der Waals surface area contributed by atoms with Gasteiger partial charge >= 0.3 is 0 Å². The topological polar surface area (TPSA) is 18.5 Å². The number of hydrogen-bond donors (Lipinski definition) is 1. The van der Waals surface area contributed by atoms with Crippen molar-refractivity contribution < 1.29 is 0 Å². The van der Waals surface area contributed by atoms with E-state index in [0.29, 0.717) is 12.1 Å². The first-order valence-corrected chi connectivity index (χ1v) is 8.84. The summed E-state index contributed by atoms with van der Waals surface area (Å²) in [6.45, 7) is 11.0. The second-order valence-electron chi connectivity index (χ2n) is 5.98. The summed E-state index contributed by atoms with van der Waals surface area (Å²) in [6.07, 6.45) is 1.21. The molecule has 2 unspecified atom stereocenters. The zero-order chi connectivity index (χ0) is 15.4. The number of likely N-dealkylation sites (N-methyl/N-ethyl adjacent to an activating group) is 1. The summed E-state index contributed by atoms with van der Waals surface area (Å²) in [4.78, 5) is 4.99. The van der Waals surface area contributed by atoms with Gasteiger partial charge in [0.05, 0.1) is 5.69 Å². The molecule has 0 aliphatic carbocycles. The van der Waals surface area contributed by atoms with E-state index in [2.05, 4.69) is 77.1 Å². The summed E-state index contributed by atoms with van der Waals surface area (Å²) in [5.41, 5.74) is 2.67. The Morgan fingerprint density at radius 3 is 2.71 bits per heavy atom. The van der Waals surface area contributed by atoms with Gasteiger partial charge in [0.25, 0.3) is 0 Å². The summed E-state index contributed by atoms with van der Waals surface area (Å²) < 4.78 is 1.21. The predicted molar refractivity (Wildman–Crippen MR) is 95.2 cm³/mol. The van der Waals surface area contributed by atoms with Crippen molar-refractivity contribution in [2.45, 2.75) is 39.3 Å². The van der Waals surface area contributed by atoms with E-state index in [1.54, 1.807) is 0 Å². The largest absolute Gasteiger partial charge is 0.368 e. The third-order valence-electron chi connectivity index (χ3n) is 4.57. The third-order valence-corrected chi connectivity index (χ3v) is 5.21. The monoisotopic (exact) mass is 353 g/mol. The van der Waals surface area contributed by atoms with Gasteiger partial charge in [-0.15, -0.1) is 0 Å². The Labute approximate surface area is 137 Å². The minimum absolute atomic E-state index is 0.399. The van der Waals surface area contributed by atoms with Crippen molar-refractivity contribution in [1.82, 2.24) is 10.2 Å². The van der Waals surface area contributed by atoms with Crippen LogP contribution < -0.4 is 10.2 Å². The van der Waals surface area contributed by atoms with Gasteiger partial charge in [-0.25, -0.2) is 0 Å². The van der Waals surface area contributed by atoms with E-state index < -0.39 is 0 Å². The van der Waals surface area contributed by atoms with E-state index in [-0.39, 0.29) is 0 Å². The van der Waals surface area contributed by atoms with Crippen LogP contribution in [0.5, 0.6) is 0 Å². The highest BCUT2D eigenvalue weighted by Crippen LogP contribution is 2.31. The van der Waals surface area contributed by atoms with Gasteiger partial charge in [0, 0.05) is 36.2 Å². The minimum Gasteiger partial charge on any atom is -0.368 e. The van der Waals surface area contributed by atoms with Gasteiger partial charge in [-0.05, 0) is 60.6 Å². The number of halogens is 1. The lowest BCUT2D eigenvalue weighted by Gasteiger charge is -2.40. The molecule has 0 radical (unpaired) electrons. The normalized spacial score (nSPS) is 21.6. The van der Waals surface area contributed by atoms with E-state index in [1.807, 2.05) is 0 Å². The number of rotatable bonds is 5. The van der Waals surface area contributed by atoms with Gasteiger partial charge in [-0.3, -0.25) is 4.90 Å². The molecule has 21 heavy (non-hydrogen) atoms. The summed E-state index contributed by atoms with van der Waals surface area (Å²) in [7, 11) is 2.24. The quantitative estimate of drug-likeness (QED) is 0.871. The second kappa shape index (κ2) is 7.61. The van der Waals surface area contributed by atoms with Crippen molar-refractivity contribution in [2.24, 2.45) is 0 Å². The minimum atomic E-state index is 0.399. The Hall–Kier alpha value is -0.580. The summed E-state index contributed by atoms with van der Waals surface area (Å²) in [6, 6.07) is 7.85. The van der Waals surface area contributed by atoms with Crippen LogP contribution in [0.15, 0.2) is 22.7 Å². The highest BCUT2D eigenvalue weighted by atomic mass is 79.9. The van der Waals surface area contributed by atoms with Gasteiger partial charge in [0.2, 0.25) is 0 Å². The Morgan fingerprint density at radius 1 is 1.33 bits per heavy atom. The van der Waals surface area contributed by atoms with Gasteiger partial charge < -0.3 is 10.2 Å². The highest BCUT2D eigenvalue weighted by molar-refractivity contribution is 9.10. The molecule has 118 valence electrons. The van der Waals surface area contributed by atoms with Crippen molar-refractivity contribution >= 4 is 21.6 Å². The zero-order valence-electron chi connectivity index (χ0n) is 13.7. The zero-order valence-corrected chi connectivity index (χ0v) is 15.3. The molecule has 1 heterocycles. The Kier molecular flexibility index (Phi) is 6.08. The molecule has 2 atom stereocenters. The van der Waals surface area contributed by atoms with E-state index in [9.17, 15) is 0 Å². The van der Waals surface area contributed by atoms with Gasteiger partial charge in [-0.1, -0.05) is 19.9 Å². The molecule has 1 saturated heterocycles. The van der Waals surface area contributed by atoms with E-state index in [4.69, 9.17) is 0 Å². The van der Waals surface area contributed by atoms with Gasteiger partial charge in [-0.2, -0.15) is 0 Å². The molecule has 0 amide bonds. The van der Waals surface area contributed by atoms with Crippen molar-refractivity contribution in [2.75, 3.05) is 38.1 Å². The lowest BCUT2D eigenvalue weighted by molar-refractivity contribution is 0.213. The van der Waals surface area contributed by atoms with E-state index in [0.717, 1.165) is 26.2 Å². The van der Waals surface area contributed by atoms with Crippen LogP contribution in [0.2, 0.25) is 0 Å². The molecule has 1 aromatic rings. The molecule has 0 bridgehead atoms. The molecule has 3 nitrogen and oxygen atoms in total. The van der Waals surface area contributed by atoms with Crippen molar-refractivity contribution in [3.05, 3.63) is 28.2 Å². The maximum atomic E-state index is 3.78. The van der Waals surface area contributed by atoms with Gasteiger partial charge in [0.1, 0.15) is 0 Å². The average Bonchev–Trinajstić information content (AvgIpc) is 2.48. The molecule has 1 aliphatic rings. The lowest BCUT2D eigenvalue weighted by Crippen LogP contribution is -2.51. The SMILES string of the molecule is CCNC(C)c1ccc(N2CCN(C)C(CC)C2)c(Br)c1.